The van der Waals surface area contributed by atoms with Gasteiger partial charge in [0.1, 0.15) is 6.61 Å². The van der Waals surface area contributed by atoms with Crippen molar-refractivity contribution in [1.82, 2.24) is 5.48 Å². The standard InChI is InChI=1S/C19H24N2O4/c1-25-12-4-5-13-8-10-14(11-9-13)18(22)17(20)15-6-2-3-7-16(15)19(23)21-24/h8-11,15-17,24H,2-3,6-7,12,20H2,1H3,(H,21,23)/t15-,16-,17?/m0/s1. The summed E-state index contributed by atoms with van der Waals surface area (Å²) in [5.41, 5.74) is 9.17. The predicted molar refractivity (Wildman–Crippen MR) is 92.9 cm³/mol. The molecule has 0 aromatic heterocycles. The average molecular weight is 344 g/mol. The van der Waals surface area contributed by atoms with Gasteiger partial charge in [-0.2, -0.15) is 0 Å². The van der Waals surface area contributed by atoms with Crippen LogP contribution in [0, 0.1) is 23.7 Å². The van der Waals surface area contributed by atoms with Crippen LogP contribution in [0.2, 0.25) is 0 Å². The Kier molecular flexibility index (Phi) is 7.14. The van der Waals surface area contributed by atoms with Gasteiger partial charge in [-0.25, -0.2) is 5.48 Å². The third-order valence-electron chi connectivity index (χ3n) is 4.65. The van der Waals surface area contributed by atoms with E-state index in [1.165, 1.54) is 0 Å². The van der Waals surface area contributed by atoms with Gasteiger partial charge in [-0.15, -0.1) is 0 Å². The zero-order valence-corrected chi connectivity index (χ0v) is 14.3. The van der Waals surface area contributed by atoms with Crippen molar-refractivity contribution in [2.45, 2.75) is 31.7 Å². The second-order valence-corrected chi connectivity index (χ2v) is 6.23. The minimum Gasteiger partial charge on any atom is -0.372 e. The highest BCUT2D eigenvalue weighted by atomic mass is 16.5. The number of ether oxygens (including phenoxy) is 1. The van der Waals surface area contributed by atoms with E-state index in [-0.39, 0.29) is 11.7 Å². The molecule has 4 N–H and O–H groups in total. The van der Waals surface area contributed by atoms with Crippen LogP contribution in [0.4, 0.5) is 0 Å². The number of hydroxylamine groups is 1. The Hall–Kier alpha value is -2.20. The maximum atomic E-state index is 12.7. The number of hydrogen-bond acceptors (Lipinski definition) is 5. The summed E-state index contributed by atoms with van der Waals surface area (Å²) >= 11 is 0. The maximum absolute atomic E-state index is 12.7. The summed E-state index contributed by atoms with van der Waals surface area (Å²) in [7, 11) is 1.58. The largest absolute Gasteiger partial charge is 0.372 e. The number of ketones is 1. The van der Waals surface area contributed by atoms with E-state index in [2.05, 4.69) is 11.8 Å². The molecule has 1 fully saturated rings. The summed E-state index contributed by atoms with van der Waals surface area (Å²) < 4.78 is 4.87. The van der Waals surface area contributed by atoms with Crippen molar-refractivity contribution in [2.75, 3.05) is 13.7 Å². The van der Waals surface area contributed by atoms with E-state index >= 15 is 0 Å². The fourth-order valence-corrected chi connectivity index (χ4v) is 3.31. The summed E-state index contributed by atoms with van der Waals surface area (Å²) in [6.07, 6.45) is 3.15. The molecule has 0 heterocycles. The Bertz CT molecular complexity index is 660. The number of carbonyl (C=O) groups is 2. The van der Waals surface area contributed by atoms with E-state index in [0.29, 0.717) is 25.0 Å². The van der Waals surface area contributed by atoms with Crippen molar-refractivity contribution in [2.24, 2.45) is 17.6 Å². The lowest BCUT2D eigenvalue weighted by Gasteiger charge is -2.33. The summed E-state index contributed by atoms with van der Waals surface area (Å²) in [5.74, 6) is 4.43. The van der Waals surface area contributed by atoms with Gasteiger partial charge in [0.05, 0.1) is 6.04 Å². The van der Waals surface area contributed by atoms with Crippen LogP contribution in [0.3, 0.4) is 0 Å². The zero-order chi connectivity index (χ0) is 18.2. The van der Waals surface area contributed by atoms with Gasteiger partial charge in [-0.1, -0.05) is 36.8 Å². The molecule has 6 nitrogen and oxygen atoms in total. The van der Waals surface area contributed by atoms with E-state index in [1.54, 1.807) is 36.9 Å². The number of rotatable bonds is 5. The van der Waals surface area contributed by atoms with Crippen LogP contribution in [-0.2, 0) is 9.53 Å². The maximum Gasteiger partial charge on any atom is 0.246 e. The first-order chi connectivity index (χ1) is 12.1. The second-order valence-electron chi connectivity index (χ2n) is 6.23. The van der Waals surface area contributed by atoms with Crippen molar-refractivity contribution in [1.29, 1.82) is 0 Å². The van der Waals surface area contributed by atoms with E-state index in [1.807, 2.05) is 0 Å². The molecule has 0 saturated heterocycles. The normalized spacial score (nSPS) is 20.9. The number of methoxy groups -OCH3 is 1. The number of amides is 1. The van der Waals surface area contributed by atoms with Gasteiger partial charge in [-0.05, 0) is 30.9 Å². The lowest BCUT2D eigenvalue weighted by atomic mass is 9.73. The molecule has 1 aromatic rings. The number of nitrogens with one attached hydrogen (secondary N) is 1. The summed E-state index contributed by atoms with van der Waals surface area (Å²) in [4.78, 5) is 24.6. The smallest absolute Gasteiger partial charge is 0.246 e. The first kappa shape index (κ1) is 19.1. The number of hydrogen-bond donors (Lipinski definition) is 3. The average Bonchev–Trinajstić information content (AvgIpc) is 2.67. The lowest BCUT2D eigenvalue weighted by molar-refractivity contribution is -0.136. The third-order valence-corrected chi connectivity index (χ3v) is 4.65. The van der Waals surface area contributed by atoms with Crippen molar-refractivity contribution in [3.63, 3.8) is 0 Å². The van der Waals surface area contributed by atoms with Gasteiger partial charge in [0, 0.05) is 24.2 Å². The molecule has 0 bridgehead atoms. The highest BCUT2D eigenvalue weighted by Gasteiger charge is 2.37. The fourth-order valence-electron chi connectivity index (χ4n) is 3.31. The van der Waals surface area contributed by atoms with Crippen LogP contribution in [0.5, 0.6) is 0 Å². The summed E-state index contributed by atoms with van der Waals surface area (Å²) in [6.45, 7) is 0.349. The van der Waals surface area contributed by atoms with Crippen molar-refractivity contribution < 1.29 is 19.5 Å². The van der Waals surface area contributed by atoms with Crippen molar-refractivity contribution in [3.05, 3.63) is 35.4 Å². The number of Topliss-reactive ketones (excluding diaryl/α,β-unsaturated/α-hetero) is 1. The second kappa shape index (κ2) is 9.33. The molecule has 1 amide bonds. The Balaban J connectivity index is 2.10. The van der Waals surface area contributed by atoms with Gasteiger partial charge in [0.15, 0.2) is 5.78 Å². The Morgan fingerprint density at radius 2 is 2.00 bits per heavy atom. The van der Waals surface area contributed by atoms with Crippen LogP contribution >= 0.6 is 0 Å². The first-order valence-corrected chi connectivity index (χ1v) is 8.40. The molecule has 6 heteroatoms. The monoisotopic (exact) mass is 344 g/mol. The van der Waals surface area contributed by atoms with Crippen LogP contribution in [-0.4, -0.2) is 36.7 Å². The molecule has 1 unspecified atom stereocenters. The predicted octanol–water partition coefficient (Wildman–Crippen LogP) is 1.51. The van der Waals surface area contributed by atoms with Crippen LogP contribution in [0.1, 0.15) is 41.6 Å². The minimum atomic E-state index is -0.770. The Labute approximate surface area is 147 Å². The number of nitrogens with two attached hydrogens (primary N) is 1. The topological polar surface area (TPSA) is 102 Å². The quantitative estimate of drug-likeness (QED) is 0.325. The molecule has 2 rings (SSSR count). The highest BCUT2D eigenvalue weighted by Crippen LogP contribution is 2.33. The van der Waals surface area contributed by atoms with E-state index in [9.17, 15) is 9.59 Å². The molecule has 1 aliphatic rings. The van der Waals surface area contributed by atoms with Gasteiger partial charge >= 0.3 is 0 Å². The van der Waals surface area contributed by atoms with Crippen LogP contribution in [0.15, 0.2) is 24.3 Å². The first-order valence-electron chi connectivity index (χ1n) is 8.40. The van der Waals surface area contributed by atoms with Crippen LogP contribution in [0.25, 0.3) is 0 Å². The molecule has 134 valence electrons. The molecular formula is C19H24N2O4. The van der Waals surface area contributed by atoms with Crippen molar-refractivity contribution in [3.8, 4) is 11.8 Å². The van der Waals surface area contributed by atoms with E-state index in [4.69, 9.17) is 15.7 Å². The number of benzene rings is 1. The van der Waals surface area contributed by atoms with Gasteiger partial charge in [-0.3, -0.25) is 14.8 Å². The molecule has 3 atom stereocenters. The van der Waals surface area contributed by atoms with Crippen molar-refractivity contribution >= 4 is 11.7 Å². The summed E-state index contributed by atoms with van der Waals surface area (Å²) in [5, 5.41) is 8.91. The molecule has 1 aromatic carbocycles. The minimum absolute atomic E-state index is 0.195. The molecule has 0 aliphatic heterocycles. The van der Waals surface area contributed by atoms with Gasteiger partial charge in [0.2, 0.25) is 5.91 Å². The SMILES string of the molecule is COCC#Cc1ccc(C(=O)C(N)[C@H]2CCCC[C@@H]2C(=O)NO)cc1. The zero-order valence-electron chi connectivity index (χ0n) is 14.3. The molecule has 1 saturated carbocycles. The third kappa shape index (κ3) is 4.89. The number of carbonyl (C=O) groups excluding carboxylic acids is 2. The van der Waals surface area contributed by atoms with E-state index < -0.39 is 17.9 Å². The van der Waals surface area contributed by atoms with Crippen LogP contribution < -0.4 is 11.2 Å². The molecule has 0 radical (unpaired) electrons. The highest BCUT2D eigenvalue weighted by molar-refractivity contribution is 6.00. The Morgan fingerprint density at radius 3 is 2.64 bits per heavy atom. The lowest BCUT2D eigenvalue weighted by Crippen LogP contribution is -2.47. The Morgan fingerprint density at radius 1 is 1.32 bits per heavy atom. The molecular weight excluding hydrogens is 320 g/mol. The van der Waals surface area contributed by atoms with Gasteiger partial charge < -0.3 is 10.5 Å². The molecule has 25 heavy (non-hydrogen) atoms. The molecule has 0 spiro atoms. The van der Waals surface area contributed by atoms with Gasteiger partial charge in [0.25, 0.3) is 0 Å². The fraction of sp³-hybridized carbons (Fsp3) is 0.474. The molecule has 1 aliphatic carbocycles. The summed E-state index contributed by atoms with van der Waals surface area (Å²) in [6, 6.07) is 6.15. The van der Waals surface area contributed by atoms with E-state index in [0.717, 1.165) is 18.4 Å².